The van der Waals surface area contributed by atoms with Crippen molar-refractivity contribution >= 4 is 5.95 Å². The van der Waals surface area contributed by atoms with Gasteiger partial charge in [-0.25, -0.2) is 4.68 Å². The fourth-order valence-corrected chi connectivity index (χ4v) is 1.10. The smallest absolute Gasteiger partial charge is 0.241 e. The molecule has 2 aromatic rings. The summed E-state index contributed by atoms with van der Waals surface area (Å²) in [5, 5.41) is 7.46. The number of nitrogens with zero attached hydrogens (tertiary/aromatic N) is 3. The molecule has 2 rings (SSSR count). The maximum atomic E-state index is 5.59. The van der Waals surface area contributed by atoms with E-state index in [-0.39, 0.29) is 5.95 Å². The molecule has 6 nitrogen and oxygen atoms in total. The average Bonchev–Trinajstić information content (AvgIpc) is 2.62. The van der Waals surface area contributed by atoms with E-state index < -0.39 is 0 Å². The van der Waals surface area contributed by atoms with Crippen molar-refractivity contribution in [2.75, 3.05) is 11.6 Å². The highest BCUT2D eigenvalue weighted by Gasteiger charge is 2.12. The van der Waals surface area contributed by atoms with E-state index in [0.29, 0.717) is 5.82 Å². The Bertz CT molecular complexity index is 430. The molecule has 0 aliphatic heterocycles. The van der Waals surface area contributed by atoms with E-state index in [1.807, 2.05) is 6.92 Å². The van der Waals surface area contributed by atoms with Crippen molar-refractivity contribution in [2.24, 2.45) is 0 Å². The van der Waals surface area contributed by atoms with Gasteiger partial charge in [0.25, 0.3) is 0 Å². The van der Waals surface area contributed by atoms with Crippen molar-refractivity contribution in [3.63, 3.8) is 0 Å². The van der Waals surface area contributed by atoms with Crippen molar-refractivity contribution in [3.05, 3.63) is 18.1 Å². The topological polar surface area (TPSA) is 95.9 Å². The molecule has 0 aliphatic rings. The van der Waals surface area contributed by atoms with Gasteiger partial charge < -0.3 is 16.0 Å². The van der Waals surface area contributed by atoms with E-state index >= 15 is 0 Å². The molecule has 0 bridgehead atoms. The molecule has 0 amide bonds. The second-order valence-electron chi connectivity index (χ2n) is 2.64. The molecule has 6 heteroatoms. The van der Waals surface area contributed by atoms with Crippen molar-refractivity contribution in [3.8, 4) is 11.4 Å². The van der Waals surface area contributed by atoms with E-state index in [2.05, 4.69) is 10.2 Å². The third-order valence-electron chi connectivity index (χ3n) is 1.82. The number of aromatic nitrogens is 3. The SMILES string of the molecule is Cc1occc1-c1nnc(N)n1N. The van der Waals surface area contributed by atoms with Gasteiger partial charge >= 0.3 is 0 Å². The van der Waals surface area contributed by atoms with Gasteiger partial charge in [-0.05, 0) is 13.0 Å². The molecule has 13 heavy (non-hydrogen) atoms. The highest BCUT2D eigenvalue weighted by molar-refractivity contribution is 5.58. The number of rotatable bonds is 1. The van der Waals surface area contributed by atoms with E-state index in [1.54, 1.807) is 12.3 Å². The van der Waals surface area contributed by atoms with Gasteiger partial charge in [0.05, 0.1) is 11.8 Å². The summed E-state index contributed by atoms with van der Waals surface area (Å²) in [5.74, 6) is 7.00. The molecule has 0 unspecified atom stereocenters. The summed E-state index contributed by atoms with van der Waals surface area (Å²) < 4.78 is 6.33. The molecular formula is C7H9N5O. The Labute approximate surface area is 74.1 Å². The molecule has 0 saturated heterocycles. The summed E-state index contributed by atoms with van der Waals surface area (Å²) in [5.41, 5.74) is 6.23. The third kappa shape index (κ3) is 1.03. The predicted molar refractivity (Wildman–Crippen MR) is 47.0 cm³/mol. The quantitative estimate of drug-likeness (QED) is 0.607. The van der Waals surface area contributed by atoms with Gasteiger partial charge in [0.1, 0.15) is 5.76 Å². The van der Waals surface area contributed by atoms with Gasteiger partial charge in [0.2, 0.25) is 5.95 Å². The van der Waals surface area contributed by atoms with Crippen LogP contribution in [0.1, 0.15) is 5.76 Å². The van der Waals surface area contributed by atoms with Crippen LogP contribution in [0.25, 0.3) is 11.4 Å². The zero-order chi connectivity index (χ0) is 9.42. The van der Waals surface area contributed by atoms with Crippen LogP contribution in [0.3, 0.4) is 0 Å². The summed E-state index contributed by atoms with van der Waals surface area (Å²) in [6.07, 6.45) is 1.57. The minimum atomic E-state index is 0.176. The Kier molecular flexibility index (Phi) is 1.48. The second kappa shape index (κ2) is 2.51. The molecule has 0 fully saturated rings. The number of nitrogen functional groups attached to an aromatic ring is 2. The first-order valence-corrected chi connectivity index (χ1v) is 3.70. The van der Waals surface area contributed by atoms with Crippen molar-refractivity contribution in [1.82, 2.24) is 14.9 Å². The first kappa shape index (κ1) is 7.66. The third-order valence-corrected chi connectivity index (χ3v) is 1.82. The van der Waals surface area contributed by atoms with Gasteiger partial charge in [-0.3, -0.25) is 0 Å². The molecular weight excluding hydrogens is 170 g/mol. The zero-order valence-electron chi connectivity index (χ0n) is 7.06. The van der Waals surface area contributed by atoms with E-state index in [1.165, 1.54) is 4.68 Å². The highest BCUT2D eigenvalue weighted by Crippen LogP contribution is 2.21. The highest BCUT2D eigenvalue weighted by atomic mass is 16.3. The van der Waals surface area contributed by atoms with Crippen LogP contribution < -0.4 is 11.6 Å². The number of anilines is 1. The van der Waals surface area contributed by atoms with Crippen LogP contribution >= 0.6 is 0 Å². The molecule has 0 spiro atoms. The largest absolute Gasteiger partial charge is 0.469 e. The molecule has 68 valence electrons. The number of nitrogens with two attached hydrogens (primary N) is 2. The standard InChI is InChI=1S/C7H9N5O/c1-4-5(2-3-13-4)6-10-11-7(8)12(6)9/h2-3H,9H2,1H3,(H2,8,11). The van der Waals surface area contributed by atoms with Crippen LogP contribution in [-0.4, -0.2) is 14.9 Å². The first-order valence-electron chi connectivity index (χ1n) is 3.70. The Morgan fingerprint density at radius 3 is 2.69 bits per heavy atom. The maximum absolute atomic E-state index is 5.59. The van der Waals surface area contributed by atoms with Crippen LogP contribution in [-0.2, 0) is 0 Å². The summed E-state index contributed by atoms with van der Waals surface area (Å²) in [4.78, 5) is 0. The minimum Gasteiger partial charge on any atom is -0.469 e. The lowest BCUT2D eigenvalue weighted by molar-refractivity contribution is 0.535. The Hall–Kier alpha value is -1.98. The fourth-order valence-electron chi connectivity index (χ4n) is 1.10. The molecule has 4 N–H and O–H groups in total. The minimum absolute atomic E-state index is 0.176. The van der Waals surface area contributed by atoms with Crippen LogP contribution in [0.5, 0.6) is 0 Å². The Morgan fingerprint density at radius 2 is 2.23 bits per heavy atom. The zero-order valence-corrected chi connectivity index (χ0v) is 7.06. The lowest BCUT2D eigenvalue weighted by Gasteiger charge is -1.98. The van der Waals surface area contributed by atoms with Crippen LogP contribution in [0.4, 0.5) is 5.95 Å². The first-order chi connectivity index (χ1) is 6.20. The van der Waals surface area contributed by atoms with E-state index in [9.17, 15) is 0 Å². The number of hydrogen-bond donors (Lipinski definition) is 2. The lowest BCUT2D eigenvalue weighted by Crippen LogP contribution is -2.13. The second-order valence-corrected chi connectivity index (χ2v) is 2.64. The van der Waals surface area contributed by atoms with Gasteiger partial charge in [-0.2, -0.15) is 0 Å². The van der Waals surface area contributed by atoms with Crippen LogP contribution in [0.15, 0.2) is 16.7 Å². The Morgan fingerprint density at radius 1 is 1.46 bits per heavy atom. The molecule has 0 aromatic carbocycles. The van der Waals surface area contributed by atoms with Crippen molar-refractivity contribution in [2.45, 2.75) is 6.92 Å². The normalized spacial score (nSPS) is 10.5. The van der Waals surface area contributed by atoms with E-state index in [4.69, 9.17) is 16.0 Å². The van der Waals surface area contributed by atoms with Crippen LogP contribution in [0, 0.1) is 6.92 Å². The van der Waals surface area contributed by atoms with Crippen LogP contribution in [0.2, 0.25) is 0 Å². The fraction of sp³-hybridized carbons (Fsp3) is 0.143. The molecule has 2 aromatic heterocycles. The monoisotopic (exact) mass is 179 g/mol. The summed E-state index contributed by atoms with van der Waals surface area (Å²) in [6, 6.07) is 1.77. The molecule has 0 radical (unpaired) electrons. The summed E-state index contributed by atoms with van der Waals surface area (Å²) in [7, 11) is 0. The average molecular weight is 179 g/mol. The number of hydrogen-bond acceptors (Lipinski definition) is 5. The summed E-state index contributed by atoms with van der Waals surface area (Å²) >= 11 is 0. The summed E-state index contributed by atoms with van der Waals surface area (Å²) in [6.45, 7) is 1.82. The predicted octanol–water partition coefficient (Wildman–Crippen LogP) is 0.143. The van der Waals surface area contributed by atoms with Gasteiger partial charge in [-0.1, -0.05) is 0 Å². The van der Waals surface area contributed by atoms with Gasteiger partial charge in [0, 0.05) is 0 Å². The Balaban J connectivity index is 2.59. The lowest BCUT2D eigenvalue weighted by atomic mass is 10.2. The van der Waals surface area contributed by atoms with E-state index in [0.717, 1.165) is 11.3 Å². The van der Waals surface area contributed by atoms with Gasteiger partial charge in [-0.15, -0.1) is 10.2 Å². The molecule has 2 heterocycles. The number of aryl methyl sites for hydroxylation is 1. The molecule has 0 atom stereocenters. The molecule has 0 aliphatic carbocycles. The van der Waals surface area contributed by atoms with Crippen molar-refractivity contribution < 1.29 is 4.42 Å². The van der Waals surface area contributed by atoms with Gasteiger partial charge in [0.15, 0.2) is 5.82 Å². The van der Waals surface area contributed by atoms with Crippen molar-refractivity contribution in [1.29, 1.82) is 0 Å². The number of furan rings is 1. The molecule has 0 saturated carbocycles. The maximum Gasteiger partial charge on any atom is 0.241 e.